The zero-order chi connectivity index (χ0) is 20.7. The summed E-state index contributed by atoms with van der Waals surface area (Å²) in [6, 6.07) is 12.8. The third-order valence-electron chi connectivity index (χ3n) is 3.87. The van der Waals surface area contributed by atoms with Crippen LogP contribution in [-0.4, -0.2) is 40.2 Å². The van der Waals surface area contributed by atoms with Gasteiger partial charge in [0.15, 0.2) is 0 Å². The molecule has 0 fully saturated rings. The molecule has 0 saturated heterocycles. The number of hydrogen-bond donors (Lipinski definition) is 1. The second-order valence-corrected chi connectivity index (χ2v) is 8.38. The zero-order valence-corrected chi connectivity index (χ0v) is 17.1. The van der Waals surface area contributed by atoms with Gasteiger partial charge in [0.2, 0.25) is 15.9 Å². The van der Waals surface area contributed by atoms with E-state index < -0.39 is 16.0 Å². The summed E-state index contributed by atoms with van der Waals surface area (Å²) < 4.78 is 30.0. The first-order valence-corrected chi connectivity index (χ1v) is 10.6. The Kier molecular flexibility index (Phi) is 7.42. The average Bonchev–Trinajstić information content (AvgIpc) is 2.65. The highest BCUT2D eigenvalue weighted by atomic mass is 35.5. The summed E-state index contributed by atoms with van der Waals surface area (Å²) in [6.45, 7) is 0.162. The summed E-state index contributed by atoms with van der Waals surface area (Å²) in [5.74, 6) is -0.712. The fraction of sp³-hybridized carbons (Fsp3) is 0.263. The predicted molar refractivity (Wildman–Crippen MR) is 109 cm³/mol. The monoisotopic (exact) mass is 424 g/mol. The van der Waals surface area contributed by atoms with Gasteiger partial charge in [0.1, 0.15) is 0 Å². The number of carbonyl (C=O) groups is 2. The van der Waals surface area contributed by atoms with Crippen LogP contribution in [0, 0.1) is 0 Å². The maximum Gasteiger partial charge on any atom is 0.337 e. The normalized spacial score (nSPS) is 11.0. The molecule has 0 bridgehead atoms. The fourth-order valence-electron chi connectivity index (χ4n) is 2.51. The van der Waals surface area contributed by atoms with Crippen LogP contribution in [0.3, 0.4) is 0 Å². The second-order valence-electron chi connectivity index (χ2n) is 6.03. The van der Waals surface area contributed by atoms with E-state index in [9.17, 15) is 18.0 Å². The molecule has 1 amide bonds. The third kappa shape index (κ3) is 6.24. The Morgan fingerprint density at radius 2 is 1.68 bits per heavy atom. The molecule has 1 N–H and O–H groups in total. The standard InChI is InChI=1S/C19H21ClN2O5S/c1-27-19(24)14-5-9-16(10-6-14)21-18(23)4-3-13-22(28(2,25)26)17-11-7-15(20)8-12-17/h5-12H,3-4,13H2,1-2H3,(H,21,23). The van der Waals surface area contributed by atoms with E-state index in [1.165, 1.54) is 11.4 Å². The fourth-order valence-corrected chi connectivity index (χ4v) is 3.60. The number of methoxy groups -OCH3 is 1. The van der Waals surface area contributed by atoms with Crippen LogP contribution in [0.5, 0.6) is 0 Å². The Morgan fingerprint density at radius 1 is 1.07 bits per heavy atom. The highest BCUT2D eigenvalue weighted by molar-refractivity contribution is 7.92. The molecule has 0 heterocycles. The van der Waals surface area contributed by atoms with Crippen LogP contribution in [0.25, 0.3) is 0 Å². The number of amides is 1. The van der Waals surface area contributed by atoms with Crippen LogP contribution in [0.2, 0.25) is 5.02 Å². The SMILES string of the molecule is COC(=O)c1ccc(NC(=O)CCCN(c2ccc(Cl)cc2)S(C)(=O)=O)cc1. The number of nitrogens with one attached hydrogen (secondary N) is 1. The number of carbonyl (C=O) groups excluding carboxylic acids is 2. The number of halogens is 1. The van der Waals surface area contributed by atoms with E-state index in [4.69, 9.17) is 11.6 Å². The van der Waals surface area contributed by atoms with E-state index in [1.807, 2.05) is 0 Å². The van der Waals surface area contributed by atoms with Crippen LogP contribution in [0.1, 0.15) is 23.2 Å². The van der Waals surface area contributed by atoms with E-state index in [0.29, 0.717) is 28.4 Å². The Labute approximate surface area is 169 Å². The van der Waals surface area contributed by atoms with Gasteiger partial charge in [-0.05, 0) is 55.0 Å². The summed E-state index contributed by atoms with van der Waals surface area (Å²) in [6.07, 6.45) is 1.59. The van der Waals surface area contributed by atoms with Crippen LogP contribution < -0.4 is 9.62 Å². The molecule has 0 aliphatic rings. The van der Waals surface area contributed by atoms with Crippen molar-refractivity contribution in [3.05, 3.63) is 59.1 Å². The maximum atomic E-state index is 12.1. The lowest BCUT2D eigenvalue weighted by Crippen LogP contribution is -2.31. The van der Waals surface area contributed by atoms with Crippen LogP contribution in [0.4, 0.5) is 11.4 Å². The quantitative estimate of drug-likeness (QED) is 0.656. The van der Waals surface area contributed by atoms with Gasteiger partial charge >= 0.3 is 5.97 Å². The Morgan fingerprint density at radius 3 is 2.21 bits per heavy atom. The average molecular weight is 425 g/mol. The van der Waals surface area contributed by atoms with Crippen molar-refractivity contribution in [2.75, 3.05) is 29.5 Å². The minimum atomic E-state index is -3.49. The van der Waals surface area contributed by atoms with Gasteiger partial charge in [-0.1, -0.05) is 11.6 Å². The third-order valence-corrected chi connectivity index (χ3v) is 5.32. The first-order valence-electron chi connectivity index (χ1n) is 8.42. The molecule has 9 heteroatoms. The number of sulfonamides is 1. The van der Waals surface area contributed by atoms with E-state index in [2.05, 4.69) is 10.1 Å². The molecule has 2 aromatic carbocycles. The molecule has 0 aliphatic heterocycles. The number of hydrogen-bond acceptors (Lipinski definition) is 5. The first-order chi connectivity index (χ1) is 13.2. The first kappa shape index (κ1) is 21.7. The summed E-state index contributed by atoms with van der Waals surface area (Å²) in [4.78, 5) is 23.5. The Bertz CT molecular complexity index is 928. The summed E-state index contributed by atoms with van der Waals surface area (Å²) >= 11 is 5.84. The lowest BCUT2D eigenvalue weighted by Gasteiger charge is -2.22. The molecule has 0 unspecified atom stereocenters. The van der Waals surface area contributed by atoms with Crippen molar-refractivity contribution < 1.29 is 22.7 Å². The van der Waals surface area contributed by atoms with E-state index >= 15 is 0 Å². The van der Waals surface area contributed by atoms with Crippen molar-refractivity contribution in [2.45, 2.75) is 12.8 Å². The van der Waals surface area contributed by atoms with E-state index in [1.54, 1.807) is 48.5 Å². The van der Waals surface area contributed by atoms with Crippen molar-refractivity contribution in [1.82, 2.24) is 0 Å². The Hall–Kier alpha value is -2.58. The second kappa shape index (κ2) is 9.57. The lowest BCUT2D eigenvalue weighted by atomic mass is 10.2. The number of nitrogens with zero attached hydrogens (tertiary/aromatic N) is 1. The van der Waals surface area contributed by atoms with Crippen LogP contribution >= 0.6 is 11.6 Å². The molecule has 0 aromatic heterocycles. The highest BCUT2D eigenvalue weighted by Crippen LogP contribution is 2.21. The molecular formula is C19H21ClN2O5S. The molecule has 2 rings (SSSR count). The van der Waals surface area contributed by atoms with Crippen molar-refractivity contribution in [1.29, 1.82) is 0 Å². The number of benzene rings is 2. The zero-order valence-electron chi connectivity index (χ0n) is 15.5. The number of ether oxygens (including phenoxy) is 1. The van der Waals surface area contributed by atoms with Gasteiger partial charge in [-0.25, -0.2) is 13.2 Å². The summed E-state index contributed by atoms with van der Waals surface area (Å²) in [5.41, 5.74) is 1.41. The minimum Gasteiger partial charge on any atom is -0.465 e. The van der Waals surface area contributed by atoms with Gasteiger partial charge in [0.25, 0.3) is 0 Å². The molecule has 0 atom stereocenters. The molecular weight excluding hydrogens is 404 g/mol. The molecule has 0 spiro atoms. The van der Waals surface area contributed by atoms with Gasteiger partial charge in [0, 0.05) is 23.7 Å². The van der Waals surface area contributed by atoms with Crippen molar-refractivity contribution in [3.8, 4) is 0 Å². The number of rotatable bonds is 8. The molecule has 0 radical (unpaired) electrons. The van der Waals surface area contributed by atoms with Crippen LogP contribution in [0.15, 0.2) is 48.5 Å². The predicted octanol–water partition coefficient (Wildman–Crippen LogP) is 3.31. The van der Waals surface area contributed by atoms with Gasteiger partial charge in [-0.15, -0.1) is 0 Å². The Balaban J connectivity index is 1.92. The van der Waals surface area contributed by atoms with E-state index in [-0.39, 0.29) is 18.9 Å². The molecule has 7 nitrogen and oxygen atoms in total. The van der Waals surface area contributed by atoms with Gasteiger partial charge in [0.05, 0.1) is 24.6 Å². The maximum absolute atomic E-state index is 12.1. The largest absolute Gasteiger partial charge is 0.465 e. The summed E-state index contributed by atoms with van der Waals surface area (Å²) in [7, 11) is -2.19. The summed E-state index contributed by atoms with van der Waals surface area (Å²) in [5, 5.41) is 3.22. The van der Waals surface area contributed by atoms with Crippen molar-refractivity contribution >= 4 is 44.9 Å². The molecule has 0 saturated carbocycles. The minimum absolute atomic E-state index is 0.137. The molecule has 0 aliphatic carbocycles. The smallest absolute Gasteiger partial charge is 0.337 e. The molecule has 2 aromatic rings. The molecule has 150 valence electrons. The molecule has 28 heavy (non-hydrogen) atoms. The number of esters is 1. The topological polar surface area (TPSA) is 92.8 Å². The van der Waals surface area contributed by atoms with Crippen molar-refractivity contribution in [2.24, 2.45) is 0 Å². The van der Waals surface area contributed by atoms with Gasteiger partial charge < -0.3 is 10.1 Å². The van der Waals surface area contributed by atoms with Gasteiger partial charge in [-0.2, -0.15) is 0 Å². The van der Waals surface area contributed by atoms with Crippen molar-refractivity contribution in [3.63, 3.8) is 0 Å². The lowest BCUT2D eigenvalue weighted by molar-refractivity contribution is -0.116. The van der Waals surface area contributed by atoms with Gasteiger partial charge in [-0.3, -0.25) is 9.10 Å². The highest BCUT2D eigenvalue weighted by Gasteiger charge is 2.17. The van der Waals surface area contributed by atoms with E-state index in [0.717, 1.165) is 6.26 Å². The van der Waals surface area contributed by atoms with Crippen LogP contribution in [-0.2, 0) is 19.6 Å². The number of anilines is 2.